The van der Waals surface area contributed by atoms with Gasteiger partial charge in [-0.25, -0.2) is 0 Å². The molecule has 7 nitrogen and oxygen atoms in total. The van der Waals surface area contributed by atoms with Crippen molar-refractivity contribution in [2.45, 2.75) is 6.92 Å². The molecule has 0 aromatic heterocycles. The number of anilines is 2. The van der Waals surface area contributed by atoms with Crippen molar-refractivity contribution in [2.24, 2.45) is 0 Å². The maximum Gasteiger partial charge on any atom is 0.248 e. The van der Waals surface area contributed by atoms with Gasteiger partial charge in [-0.1, -0.05) is 0 Å². The fourth-order valence-corrected chi connectivity index (χ4v) is 2.36. The number of carbonyl (C=O) groups excluding carboxylic acids is 2. The molecule has 2 aromatic rings. The van der Waals surface area contributed by atoms with Gasteiger partial charge in [-0.05, 0) is 42.0 Å². The van der Waals surface area contributed by atoms with Gasteiger partial charge in [-0.2, -0.15) is 0 Å². The Morgan fingerprint density at radius 2 is 1.56 bits per heavy atom. The molecule has 0 saturated carbocycles. The summed E-state index contributed by atoms with van der Waals surface area (Å²) in [6.07, 6.45) is 3.03. The van der Waals surface area contributed by atoms with Gasteiger partial charge in [0.2, 0.25) is 11.8 Å². The van der Waals surface area contributed by atoms with E-state index in [9.17, 15) is 9.59 Å². The number of ether oxygens (including phenoxy) is 3. The molecule has 0 atom stereocenters. The Balaban J connectivity index is 2.17. The summed E-state index contributed by atoms with van der Waals surface area (Å²) in [5, 5.41) is 5.40. The van der Waals surface area contributed by atoms with E-state index in [1.807, 2.05) is 0 Å². The lowest BCUT2D eigenvalue weighted by Gasteiger charge is -2.11. The maximum absolute atomic E-state index is 12.3. The van der Waals surface area contributed by atoms with Crippen molar-refractivity contribution in [2.75, 3.05) is 32.0 Å². The zero-order valence-electron chi connectivity index (χ0n) is 15.7. The highest BCUT2D eigenvalue weighted by molar-refractivity contribution is 6.03. The molecule has 7 heteroatoms. The van der Waals surface area contributed by atoms with Crippen LogP contribution < -0.4 is 24.8 Å². The van der Waals surface area contributed by atoms with Crippen molar-refractivity contribution in [3.05, 3.63) is 48.0 Å². The highest BCUT2D eigenvalue weighted by atomic mass is 16.5. The van der Waals surface area contributed by atoms with Gasteiger partial charge in [0.05, 0.1) is 27.0 Å². The third kappa shape index (κ3) is 5.78. The average molecular weight is 370 g/mol. The van der Waals surface area contributed by atoms with Gasteiger partial charge in [-0.15, -0.1) is 0 Å². The number of hydrogen-bond donors (Lipinski definition) is 2. The molecule has 2 aromatic carbocycles. The minimum Gasteiger partial charge on any atom is -0.497 e. The number of rotatable bonds is 7. The van der Waals surface area contributed by atoms with Gasteiger partial charge in [0.15, 0.2) is 0 Å². The fourth-order valence-electron chi connectivity index (χ4n) is 2.36. The van der Waals surface area contributed by atoms with E-state index in [1.165, 1.54) is 20.1 Å². The molecule has 0 bridgehead atoms. The number of hydrogen-bond acceptors (Lipinski definition) is 5. The Hall–Kier alpha value is -3.48. The molecule has 0 aliphatic rings. The SMILES string of the molecule is COc1cc(C=CC(=O)Nc2cc(NC(C)=O)ccc2OC)cc(OC)c1. The van der Waals surface area contributed by atoms with Gasteiger partial charge >= 0.3 is 0 Å². The third-order valence-corrected chi connectivity index (χ3v) is 3.58. The van der Waals surface area contributed by atoms with Crippen LogP contribution in [0.15, 0.2) is 42.5 Å². The van der Waals surface area contributed by atoms with Crippen LogP contribution in [0.5, 0.6) is 17.2 Å². The second-order valence-corrected chi connectivity index (χ2v) is 5.56. The first-order valence-electron chi connectivity index (χ1n) is 8.13. The van der Waals surface area contributed by atoms with Crippen LogP contribution in [0.25, 0.3) is 6.08 Å². The summed E-state index contributed by atoms with van der Waals surface area (Å²) in [5.74, 6) is 1.17. The highest BCUT2D eigenvalue weighted by Crippen LogP contribution is 2.28. The van der Waals surface area contributed by atoms with Crippen LogP contribution >= 0.6 is 0 Å². The zero-order chi connectivity index (χ0) is 19.8. The molecule has 0 aliphatic carbocycles. The summed E-state index contributed by atoms with van der Waals surface area (Å²) in [5.41, 5.74) is 1.75. The summed E-state index contributed by atoms with van der Waals surface area (Å²) in [6, 6.07) is 10.3. The molecule has 142 valence electrons. The second kappa shape index (κ2) is 9.28. The Kier molecular flexibility index (Phi) is 6.82. The monoisotopic (exact) mass is 370 g/mol. The van der Waals surface area contributed by atoms with Crippen LogP contribution in [-0.4, -0.2) is 33.1 Å². The van der Waals surface area contributed by atoms with Crippen LogP contribution in [0.3, 0.4) is 0 Å². The summed E-state index contributed by atoms with van der Waals surface area (Å²) < 4.78 is 15.7. The van der Waals surface area contributed by atoms with E-state index in [1.54, 1.807) is 56.7 Å². The predicted molar refractivity (Wildman–Crippen MR) is 105 cm³/mol. The minimum atomic E-state index is -0.352. The van der Waals surface area contributed by atoms with Crippen molar-refractivity contribution >= 4 is 29.3 Å². The van der Waals surface area contributed by atoms with Crippen LogP contribution in [0.1, 0.15) is 12.5 Å². The van der Waals surface area contributed by atoms with E-state index < -0.39 is 0 Å². The first kappa shape index (κ1) is 19.8. The molecule has 0 radical (unpaired) electrons. The van der Waals surface area contributed by atoms with E-state index in [0.29, 0.717) is 28.6 Å². The number of carbonyl (C=O) groups is 2. The normalized spacial score (nSPS) is 10.4. The summed E-state index contributed by atoms with van der Waals surface area (Å²) in [7, 11) is 4.62. The first-order valence-corrected chi connectivity index (χ1v) is 8.13. The van der Waals surface area contributed by atoms with Gasteiger partial charge in [0, 0.05) is 24.8 Å². The summed E-state index contributed by atoms with van der Waals surface area (Å²) in [6.45, 7) is 1.41. The van der Waals surface area contributed by atoms with Gasteiger partial charge < -0.3 is 24.8 Å². The maximum atomic E-state index is 12.3. The van der Waals surface area contributed by atoms with Crippen molar-refractivity contribution in [1.82, 2.24) is 0 Å². The van der Waals surface area contributed by atoms with E-state index in [0.717, 1.165) is 5.56 Å². The van der Waals surface area contributed by atoms with Gasteiger partial charge in [0.1, 0.15) is 17.2 Å². The molecule has 0 heterocycles. The summed E-state index contributed by atoms with van der Waals surface area (Å²) in [4.78, 5) is 23.5. The Morgan fingerprint density at radius 3 is 2.11 bits per heavy atom. The summed E-state index contributed by atoms with van der Waals surface area (Å²) >= 11 is 0. The molecular formula is C20H22N2O5. The third-order valence-electron chi connectivity index (χ3n) is 3.58. The Labute approximate surface area is 157 Å². The predicted octanol–water partition coefficient (Wildman–Crippen LogP) is 3.32. The molecule has 27 heavy (non-hydrogen) atoms. The largest absolute Gasteiger partial charge is 0.497 e. The molecule has 0 fully saturated rings. The Bertz CT molecular complexity index is 839. The molecule has 0 unspecified atom stereocenters. The van der Waals surface area contributed by atoms with E-state index >= 15 is 0 Å². The topological polar surface area (TPSA) is 85.9 Å². The van der Waals surface area contributed by atoms with Crippen LogP contribution in [0.2, 0.25) is 0 Å². The zero-order valence-corrected chi connectivity index (χ0v) is 15.7. The number of methoxy groups -OCH3 is 3. The molecule has 0 saturated heterocycles. The fraction of sp³-hybridized carbons (Fsp3) is 0.200. The second-order valence-electron chi connectivity index (χ2n) is 5.56. The van der Waals surface area contributed by atoms with Crippen LogP contribution in [-0.2, 0) is 9.59 Å². The van der Waals surface area contributed by atoms with Crippen molar-refractivity contribution in [1.29, 1.82) is 0 Å². The van der Waals surface area contributed by atoms with Crippen molar-refractivity contribution in [3.8, 4) is 17.2 Å². The smallest absolute Gasteiger partial charge is 0.248 e. The minimum absolute atomic E-state index is 0.204. The highest BCUT2D eigenvalue weighted by Gasteiger charge is 2.08. The number of benzene rings is 2. The van der Waals surface area contributed by atoms with E-state index in [4.69, 9.17) is 14.2 Å². The lowest BCUT2D eigenvalue weighted by molar-refractivity contribution is -0.114. The lowest BCUT2D eigenvalue weighted by Crippen LogP contribution is -2.10. The lowest BCUT2D eigenvalue weighted by atomic mass is 10.2. The van der Waals surface area contributed by atoms with Crippen molar-refractivity contribution < 1.29 is 23.8 Å². The van der Waals surface area contributed by atoms with Gasteiger partial charge in [-0.3, -0.25) is 9.59 Å². The quantitative estimate of drug-likeness (QED) is 0.730. The molecule has 2 rings (SSSR count). The van der Waals surface area contributed by atoms with Crippen molar-refractivity contribution in [3.63, 3.8) is 0 Å². The standard InChI is InChI=1S/C20H22N2O5/c1-13(23)21-15-6-7-19(27-4)18(11-15)22-20(24)8-5-14-9-16(25-2)12-17(10-14)26-3/h5-12H,1-4H3,(H,21,23)(H,22,24). The van der Waals surface area contributed by atoms with E-state index in [2.05, 4.69) is 10.6 Å². The molecule has 2 amide bonds. The Morgan fingerprint density at radius 1 is 0.889 bits per heavy atom. The number of amides is 2. The molecule has 0 spiro atoms. The van der Waals surface area contributed by atoms with Crippen LogP contribution in [0, 0.1) is 0 Å². The average Bonchev–Trinajstić information content (AvgIpc) is 2.65. The van der Waals surface area contributed by atoms with Gasteiger partial charge in [0.25, 0.3) is 0 Å². The number of nitrogens with one attached hydrogen (secondary N) is 2. The molecular weight excluding hydrogens is 348 g/mol. The van der Waals surface area contributed by atoms with E-state index in [-0.39, 0.29) is 11.8 Å². The molecule has 2 N–H and O–H groups in total. The first-order chi connectivity index (χ1) is 12.9. The molecule has 0 aliphatic heterocycles. The van der Waals surface area contributed by atoms with Crippen LogP contribution in [0.4, 0.5) is 11.4 Å².